The van der Waals surface area contributed by atoms with Crippen molar-refractivity contribution < 1.29 is 4.39 Å². The van der Waals surface area contributed by atoms with E-state index in [1.807, 2.05) is 22.7 Å². The van der Waals surface area contributed by atoms with Gasteiger partial charge in [-0.05, 0) is 61.7 Å². The molecule has 4 aromatic rings. The van der Waals surface area contributed by atoms with Crippen molar-refractivity contribution in [2.24, 2.45) is 0 Å². The molecule has 0 atom stereocenters. The van der Waals surface area contributed by atoms with E-state index < -0.39 is 0 Å². The highest BCUT2D eigenvalue weighted by molar-refractivity contribution is 5.80. The molecule has 3 aromatic heterocycles. The normalized spacial score (nSPS) is 14.5. The smallest absolute Gasteiger partial charge is 0.155 e. The zero-order chi connectivity index (χ0) is 18.9. The van der Waals surface area contributed by atoms with Crippen molar-refractivity contribution in [1.29, 1.82) is 0 Å². The van der Waals surface area contributed by atoms with Crippen LogP contribution in [-0.2, 0) is 0 Å². The molecule has 0 radical (unpaired) electrons. The maximum Gasteiger partial charge on any atom is 0.155 e. The molecule has 1 aromatic carbocycles. The molecule has 0 spiro atoms. The molecule has 0 amide bonds. The number of nitrogens with zero attached hydrogens (tertiary/aromatic N) is 6. The van der Waals surface area contributed by atoms with Gasteiger partial charge in [-0.3, -0.25) is 0 Å². The van der Waals surface area contributed by atoms with Gasteiger partial charge >= 0.3 is 0 Å². The summed E-state index contributed by atoms with van der Waals surface area (Å²) in [7, 11) is 0. The second-order valence-corrected chi connectivity index (χ2v) is 6.92. The second kappa shape index (κ2) is 6.99. The van der Waals surface area contributed by atoms with Crippen LogP contribution in [0, 0.1) is 5.82 Å². The second-order valence-electron chi connectivity index (χ2n) is 6.92. The standard InChI is InChI=1S/C21H19FN6/c22-16-6-4-15(5-7-16)20-21(17-10-11-23-14-24-17)28-18(25-20)8-9-19(26-28)27-12-2-1-3-13-27/h4-11,14H,1-3,12-13H2. The highest BCUT2D eigenvalue weighted by atomic mass is 19.1. The van der Waals surface area contributed by atoms with Crippen LogP contribution >= 0.6 is 0 Å². The SMILES string of the molecule is Fc1ccc(-c2nc3ccc(N4CCCCC4)nn3c2-c2ccncn2)cc1. The van der Waals surface area contributed by atoms with Crippen molar-refractivity contribution in [3.8, 4) is 22.6 Å². The molecule has 7 heteroatoms. The molecule has 6 nitrogen and oxygen atoms in total. The van der Waals surface area contributed by atoms with Gasteiger partial charge in [0.05, 0.1) is 5.69 Å². The molecule has 28 heavy (non-hydrogen) atoms. The largest absolute Gasteiger partial charge is 0.355 e. The Morgan fingerprint density at radius 3 is 2.46 bits per heavy atom. The molecule has 1 fully saturated rings. The summed E-state index contributed by atoms with van der Waals surface area (Å²) in [6.45, 7) is 2.03. The first kappa shape index (κ1) is 16.8. The third-order valence-corrected chi connectivity index (χ3v) is 5.09. The van der Waals surface area contributed by atoms with Gasteiger partial charge in [0.2, 0.25) is 0 Å². The summed E-state index contributed by atoms with van der Waals surface area (Å²) in [4.78, 5) is 15.5. The number of aromatic nitrogens is 5. The molecule has 140 valence electrons. The first-order valence-corrected chi connectivity index (χ1v) is 9.47. The molecule has 0 aliphatic carbocycles. The number of benzene rings is 1. The van der Waals surface area contributed by atoms with Crippen molar-refractivity contribution >= 4 is 11.5 Å². The molecule has 0 saturated carbocycles. The fourth-order valence-corrected chi connectivity index (χ4v) is 3.68. The number of imidazole rings is 1. The van der Waals surface area contributed by atoms with Crippen LogP contribution in [0.15, 0.2) is 55.0 Å². The first-order valence-electron chi connectivity index (χ1n) is 9.47. The Labute approximate surface area is 161 Å². The van der Waals surface area contributed by atoms with E-state index in [0.717, 1.165) is 47.2 Å². The Kier molecular flexibility index (Phi) is 4.20. The number of hydrogen-bond donors (Lipinski definition) is 0. The van der Waals surface area contributed by atoms with Crippen molar-refractivity contribution in [2.45, 2.75) is 19.3 Å². The molecule has 5 rings (SSSR count). The molecule has 1 aliphatic rings. The molecular weight excluding hydrogens is 355 g/mol. The lowest BCUT2D eigenvalue weighted by molar-refractivity contribution is 0.570. The number of piperidine rings is 1. The highest BCUT2D eigenvalue weighted by Gasteiger charge is 2.20. The molecule has 0 N–H and O–H groups in total. The molecule has 1 aliphatic heterocycles. The van der Waals surface area contributed by atoms with E-state index in [4.69, 9.17) is 10.1 Å². The number of anilines is 1. The summed E-state index contributed by atoms with van der Waals surface area (Å²) in [5.41, 5.74) is 3.78. The monoisotopic (exact) mass is 374 g/mol. The first-order chi connectivity index (χ1) is 13.8. The predicted molar refractivity (Wildman–Crippen MR) is 105 cm³/mol. The zero-order valence-electron chi connectivity index (χ0n) is 15.3. The highest BCUT2D eigenvalue weighted by Crippen LogP contribution is 2.32. The van der Waals surface area contributed by atoms with E-state index in [2.05, 4.69) is 14.9 Å². The van der Waals surface area contributed by atoms with Crippen LogP contribution in [0.5, 0.6) is 0 Å². The van der Waals surface area contributed by atoms with Gasteiger partial charge in [0.1, 0.15) is 29.4 Å². The third-order valence-electron chi connectivity index (χ3n) is 5.09. The van der Waals surface area contributed by atoms with E-state index in [1.54, 1.807) is 18.3 Å². The molecular formula is C21H19FN6. The Morgan fingerprint density at radius 1 is 0.893 bits per heavy atom. The summed E-state index contributed by atoms with van der Waals surface area (Å²) in [5.74, 6) is 0.659. The van der Waals surface area contributed by atoms with Gasteiger partial charge in [0.25, 0.3) is 0 Å². The summed E-state index contributed by atoms with van der Waals surface area (Å²) in [6.07, 6.45) is 6.85. The van der Waals surface area contributed by atoms with Crippen LogP contribution in [-0.4, -0.2) is 37.7 Å². The van der Waals surface area contributed by atoms with E-state index in [0.29, 0.717) is 0 Å². The quantitative estimate of drug-likeness (QED) is 0.543. The van der Waals surface area contributed by atoms with Crippen molar-refractivity contribution in [2.75, 3.05) is 18.0 Å². The molecule has 0 unspecified atom stereocenters. The van der Waals surface area contributed by atoms with E-state index in [9.17, 15) is 4.39 Å². The Morgan fingerprint density at radius 2 is 1.71 bits per heavy atom. The topological polar surface area (TPSA) is 59.2 Å². The van der Waals surface area contributed by atoms with Crippen LogP contribution in [0.3, 0.4) is 0 Å². The van der Waals surface area contributed by atoms with Gasteiger partial charge in [0.15, 0.2) is 5.65 Å². The molecule has 1 saturated heterocycles. The minimum Gasteiger partial charge on any atom is -0.355 e. The van der Waals surface area contributed by atoms with Crippen LogP contribution in [0.25, 0.3) is 28.3 Å². The van der Waals surface area contributed by atoms with Gasteiger partial charge in [-0.1, -0.05) is 0 Å². The Bertz CT molecular complexity index is 1100. The number of hydrogen-bond acceptors (Lipinski definition) is 5. The van der Waals surface area contributed by atoms with Crippen LogP contribution in [0.1, 0.15) is 19.3 Å². The minimum atomic E-state index is -0.276. The number of halogens is 1. The number of rotatable bonds is 3. The maximum absolute atomic E-state index is 13.4. The van der Waals surface area contributed by atoms with Gasteiger partial charge < -0.3 is 4.90 Å². The van der Waals surface area contributed by atoms with Gasteiger partial charge in [0, 0.05) is 24.8 Å². The van der Waals surface area contributed by atoms with Crippen molar-refractivity contribution in [3.05, 3.63) is 60.8 Å². The Hall–Kier alpha value is -3.35. The summed E-state index contributed by atoms with van der Waals surface area (Å²) < 4.78 is 15.3. The lowest BCUT2D eigenvalue weighted by Gasteiger charge is -2.27. The molecule has 4 heterocycles. The molecule has 0 bridgehead atoms. The summed E-state index contributed by atoms with van der Waals surface area (Å²) >= 11 is 0. The average molecular weight is 374 g/mol. The van der Waals surface area contributed by atoms with Crippen LogP contribution in [0.4, 0.5) is 10.2 Å². The van der Waals surface area contributed by atoms with Crippen molar-refractivity contribution in [1.82, 2.24) is 24.6 Å². The fraction of sp³-hybridized carbons (Fsp3) is 0.238. The fourth-order valence-electron chi connectivity index (χ4n) is 3.68. The minimum absolute atomic E-state index is 0.276. The summed E-state index contributed by atoms with van der Waals surface area (Å²) in [5, 5.41) is 4.88. The van der Waals surface area contributed by atoms with Crippen molar-refractivity contribution in [3.63, 3.8) is 0 Å². The lowest BCUT2D eigenvalue weighted by Crippen LogP contribution is -2.30. The summed E-state index contributed by atoms with van der Waals surface area (Å²) in [6, 6.07) is 12.2. The predicted octanol–water partition coefficient (Wildman–Crippen LogP) is 3.98. The van der Waals surface area contributed by atoms with Gasteiger partial charge in [-0.15, -0.1) is 5.10 Å². The van der Waals surface area contributed by atoms with E-state index in [-0.39, 0.29) is 5.82 Å². The van der Waals surface area contributed by atoms with E-state index in [1.165, 1.54) is 37.7 Å². The van der Waals surface area contributed by atoms with E-state index >= 15 is 0 Å². The zero-order valence-corrected chi connectivity index (χ0v) is 15.3. The van der Waals surface area contributed by atoms with Crippen LogP contribution in [0.2, 0.25) is 0 Å². The third kappa shape index (κ3) is 2.98. The van der Waals surface area contributed by atoms with Crippen LogP contribution < -0.4 is 4.90 Å². The average Bonchev–Trinajstić information content (AvgIpc) is 3.14. The number of fused-ring (bicyclic) bond motifs is 1. The lowest BCUT2D eigenvalue weighted by atomic mass is 10.1. The maximum atomic E-state index is 13.4. The van der Waals surface area contributed by atoms with Gasteiger partial charge in [-0.2, -0.15) is 0 Å². The van der Waals surface area contributed by atoms with Gasteiger partial charge in [-0.25, -0.2) is 23.9 Å². The Balaban J connectivity index is 1.71.